The number of benzene rings is 1. The molecule has 0 unspecified atom stereocenters. The molecule has 7 heteroatoms. The van der Waals surface area contributed by atoms with Crippen LogP contribution in [0.5, 0.6) is 11.5 Å². The van der Waals surface area contributed by atoms with Crippen LogP contribution in [0.2, 0.25) is 0 Å². The normalized spacial score (nSPS) is 17.0. The lowest BCUT2D eigenvalue weighted by Crippen LogP contribution is -2.54. The molecule has 2 rings (SSSR count). The molecule has 1 aromatic carbocycles. The monoisotopic (exact) mass is 405 g/mol. The number of nitrogens with one attached hydrogen (secondary N) is 2. The van der Waals surface area contributed by atoms with E-state index in [9.17, 15) is 9.59 Å². The van der Waals surface area contributed by atoms with Gasteiger partial charge >= 0.3 is 6.03 Å². The Morgan fingerprint density at radius 3 is 2.24 bits per heavy atom. The molecule has 0 bridgehead atoms. The first-order chi connectivity index (χ1) is 13.7. The van der Waals surface area contributed by atoms with Gasteiger partial charge in [0.2, 0.25) is 5.91 Å². The van der Waals surface area contributed by atoms with Crippen molar-refractivity contribution in [3.8, 4) is 11.5 Å². The number of ether oxygens (including phenoxy) is 2. The predicted molar refractivity (Wildman–Crippen MR) is 113 cm³/mol. The summed E-state index contributed by atoms with van der Waals surface area (Å²) in [6.07, 6.45) is 1.41. The number of fused-ring (bicyclic) bond motifs is 1. The van der Waals surface area contributed by atoms with Crippen LogP contribution in [0, 0.1) is 5.92 Å². The number of amides is 3. The molecule has 29 heavy (non-hydrogen) atoms. The van der Waals surface area contributed by atoms with Crippen LogP contribution in [0.1, 0.15) is 58.2 Å². The number of rotatable bonds is 7. The molecule has 3 amide bonds. The highest BCUT2D eigenvalue weighted by atomic mass is 16.5. The van der Waals surface area contributed by atoms with Gasteiger partial charge in [-0.2, -0.15) is 0 Å². The first-order valence-corrected chi connectivity index (χ1v) is 10.4. The van der Waals surface area contributed by atoms with E-state index in [1.54, 1.807) is 14.2 Å². The van der Waals surface area contributed by atoms with Gasteiger partial charge in [-0.1, -0.05) is 20.8 Å². The Morgan fingerprint density at radius 2 is 1.72 bits per heavy atom. The van der Waals surface area contributed by atoms with Crippen molar-refractivity contribution in [3.05, 3.63) is 23.3 Å². The average Bonchev–Trinajstić information content (AvgIpc) is 2.69. The molecule has 162 valence electrons. The second kappa shape index (κ2) is 9.85. The van der Waals surface area contributed by atoms with E-state index in [-0.39, 0.29) is 36.0 Å². The molecule has 0 spiro atoms. The summed E-state index contributed by atoms with van der Waals surface area (Å²) in [6, 6.07) is 3.33. The predicted octanol–water partition coefficient (Wildman–Crippen LogP) is 3.27. The zero-order chi connectivity index (χ0) is 21.7. The summed E-state index contributed by atoms with van der Waals surface area (Å²) in [6.45, 7) is 10.2. The van der Waals surface area contributed by atoms with Crippen LogP contribution in [-0.4, -0.2) is 49.7 Å². The number of hydrogen-bond donors (Lipinski definition) is 2. The fourth-order valence-corrected chi connectivity index (χ4v) is 3.72. The number of urea groups is 1. The molecule has 0 radical (unpaired) electrons. The second-order valence-electron chi connectivity index (χ2n) is 8.08. The minimum absolute atomic E-state index is 0.0198. The molecule has 2 atom stereocenters. The summed E-state index contributed by atoms with van der Waals surface area (Å²) in [5.41, 5.74) is 2.10. The maximum atomic E-state index is 13.0. The molecule has 0 saturated heterocycles. The molecular formula is C22H35N3O4. The topological polar surface area (TPSA) is 79.9 Å². The number of methoxy groups -OCH3 is 2. The molecule has 0 aromatic heterocycles. The third-order valence-corrected chi connectivity index (χ3v) is 5.27. The van der Waals surface area contributed by atoms with E-state index in [4.69, 9.17) is 9.47 Å². The highest BCUT2D eigenvalue weighted by Gasteiger charge is 2.37. The number of hydrogen-bond acceptors (Lipinski definition) is 4. The van der Waals surface area contributed by atoms with Gasteiger partial charge < -0.3 is 25.0 Å². The number of carbonyl (C=O) groups excluding carboxylic acids is 2. The fraction of sp³-hybridized carbons (Fsp3) is 0.636. The maximum absolute atomic E-state index is 13.0. The van der Waals surface area contributed by atoms with E-state index in [1.165, 1.54) is 0 Å². The molecule has 0 fully saturated rings. The molecule has 0 saturated carbocycles. The minimum Gasteiger partial charge on any atom is -0.493 e. The van der Waals surface area contributed by atoms with Crippen LogP contribution in [-0.2, 0) is 11.2 Å². The van der Waals surface area contributed by atoms with Crippen LogP contribution < -0.4 is 20.1 Å². The van der Waals surface area contributed by atoms with Gasteiger partial charge in [-0.3, -0.25) is 4.79 Å². The summed E-state index contributed by atoms with van der Waals surface area (Å²) in [7, 11) is 3.22. The van der Waals surface area contributed by atoms with Gasteiger partial charge in [0.25, 0.3) is 0 Å². The maximum Gasteiger partial charge on any atom is 0.318 e. The van der Waals surface area contributed by atoms with Crippen LogP contribution in [0.4, 0.5) is 4.79 Å². The fourth-order valence-electron chi connectivity index (χ4n) is 3.72. The van der Waals surface area contributed by atoms with E-state index in [2.05, 4.69) is 10.6 Å². The zero-order valence-electron chi connectivity index (χ0n) is 18.7. The number of nitrogens with zero attached hydrogens (tertiary/aromatic N) is 1. The second-order valence-corrected chi connectivity index (χ2v) is 8.08. The van der Waals surface area contributed by atoms with Gasteiger partial charge in [0.1, 0.15) is 0 Å². The third-order valence-electron chi connectivity index (χ3n) is 5.27. The van der Waals surface area contributed by atoms with Crippen molar-refractivity contribution in [2.24, 2.45) is 5.92 Å². The molecule has 1 heterocycles. The van der Waals surface area contributed by atoms with E-state index in [1.807, 2.05) is 51.7 Å². The van der Waals surface area contributed by atoms with Gasteiger partial charge in [-0.05, 0) is 49.9 Å². The lowest BCUT2D eigenvalue weighted by Gasteiger charge is -2.42. The summed E-state index contributed by atoms with van der Waals surface area (Å²) in [4.78, 5) is 27.3. The van der Waals surface area contributed by atoms with Gasteiger partial charge in [0, 0.05) is 18.5 Å². The Morgan fingerprint density at radius 1 is 1.10 bits per heavy atom. The highest BCUT2D eigenvalue weighted by Crippen LogP contribution is 2.40. The van der Waals surface area contributed by atoms with E-state index in [0.717, 1.165) is 11.1 Å². The Hall–Kier alpha value is -2.44. The molecule has 1 aliphatic heterocycles. The quantitative estimate of drug-likeness (QED) is 0.730. The van der Waals surface area contributed by atoms with Crippen molar-refractivity contribution >= 4 is 11.9 Å². The SMILES string of the molecule is CC[C@@H](NC(=O)C(C)C)[C@@H]1c2cc(OC)c(OC)cc2CCN1C(=O)NC(C)C. The van der Waals surface area contributed by atoms with Gasteiger partial charge in [-0.25, -0.2) is 4.79 Å². The Bertz CT molecular complexity index is 733. The molecule has 0 aliphatic carbocycles. The lowest BCUT2D eigenvalue weighted by molar-refractivity contribution is -0.125. The van der Waals surface area contributed by atoms with Crippen LogP contribution in [0.3, 0.4) is 0 Å². The van der Waals surface area contributed by atoms with Crippen molar-refractivity contribution < 1.29 is 19.1 Å². The summed E-state index contributed by atoms with van der Waals surface area (Å²) < 4.78 is 11.0. The molecule has 2 N–H and O–H groups in total. The third kappa shape index (κ3) is 5.14. The Kier molecular flexibility index (Phi) is 7.76. The van der Waals surface area contributed by atoms with Gasteiger partial charge in [-0.15, -0.1) is 0 Å². The van der Waals surface area contributed by atoms with E-state index >= 15 is 0 Å². The molecule has 7 nitrogen and oxygen atoms in total. The zero-order valence-corrected chi connectivity index (χ0v) is 18.7. The van der Waals surface area contributed by atoms with Gasteiger partial charge in [0.05, 0.1) is 26.3 Å². The van der Waals surface area contributed by atoms with Crippen molar-refractivity contribution in [2.45, 2.75) is 65.6 Å². The smallest absolute Gasteiger partial charge is 0.318 e. The first kappa shape index (κ1) is 22.8. The largest absolute Gasteiger partial charge is 0.493 e. The van der Waals surface area contributed by atoms with Crippen LogP contribution >= 0.6 is 0 Å². The molecular weight excluding hydrogens is 370 g/mol. The summed E-state index contributed by atoms with van der Waals surface area (Å²) >= 11 is 0. The van der Waals surface area contributed by atoms with Crippen LogP contribution in [0.15, 0.2) is 12.1 Å². The lowest BCUT2D eigenvalue weighted by atomic mass is 9.86. The van der Waals surface area contributed by atoms with Crippen LogP contribution in [0.25, 0.3) is 0 Å². The highest BCUT2D eigenvalue weighted by molar-refractivity contribution is 5.79. The average molecular weight is 406 g/mol. The summed E-state index contributed by atoms with van der Waals surface area (Å²) in [5.74, 6) is 1.14. The van der Waals surface area contributed by atoms with Gasteiger partial charge in [0.15, 0.2) is 11.5 Å². The molecule has 1 aromatic rings. The van der Waals surface area contributed by atoms with Crippen molar-refractivity contribution in [1.29, 1.82) is 0 Å². The van der Waals surface area contributed by atoms with Crippen molar-refractivity contribution in [2.75, 3.05) is 20.8 Å². The Labute approximate surface area is 174 Å². The minimum atomic E-state index is -0.287. The standard InChI is InChI=1S/C22H35N3O4/c1-8-17(24-21(26)13(2)3)20-16-12-19(29-7)18(28-6)11-15(16)9-10-25(20)22(27)23-14(4)5/h11-14,17,20H,8-10H2,1-7H3,(H,23,27)(H,24,26)/t17-,20+/m1/s1. The number of carbonyl (C=O) groups is 2. The molecule has 1 aliphatic rings. The van der Waals surface area contributed by atoms with Crippen molar-refractivity contribution in [1.82, 2.24) is 15.5 Å². The Balaban J connectivity index is 2.53. The first-order valence-electron chi connectivity index (χ1n) is 10.4. The van der Waals surface area contributed by atoms with Crippen molar-refractivity contribution in [3.63, 3.8) is 0 Å². The van der Waals surface area contributed by atoms with E-state index < -0.39 is 0 Å². The summed E-state index contributed by atoms with van der Waals surface area (Å²) in [5, 5.41) is 6.15. The van der Waals surface area contributed by atoms with E-state index in [0.29, 0.717) is 30.9 Å².